The molecule has 0 heterocycles. The number of para-hydroxylation sites is 2. The highest BCUT2D eigenvalue weighted by atomic mass is 35.5. The van der Waals surface area contributed by atoms with Crippen LogP contribution in [0.5, 0.6) is 5.75 Å². The van der Waals surface area contributed by atoms with E-state index in [0.717, 1.165) is 11.1 Å². The van der Waals surface area contributed by atoms with Crippen LogP contribution < -0.4 is 15.5 Å². The molecule has 2 N–H and O–H groups in total. The molecule has 0 spiro atoms. The highest BCUT2D eigenvalue weighted by Crippen LogP contribution is 2.21. The molecule has 3 aromatic rings. The summed E-state index contributed by atoms with van der Waals surface area (Å²) in [6.07, 6.45) is 1.42. The third kappa shape index (κ3) is 5.68. The molecule has 6 nitrogen and oxygen atoms in total. The van der Waals surface area contributed by atoms with Gasteiger partial charge in [0.25, 0.3) is 0 Å². The maximum absolute atomic E-state index is 12.0. The summed E-state index contributed by atoms with van der Waals surface area (Å²) < 4.78 is 5.83. The van der Waals surface area contributed by atoms with E-state index in [0.29, 0.717) is 22.0 Å². The SMILES string of the molecule is Cc1ccccc1NC(=O)C(=O)N/N=C/c1ccccc1OCc1ccccc1Cl. The van der Waals surface area contributed by atoms with Crippen LogP contribution >= 0.6 is 11.6 Å². The molecule has 0 aliphatic carbocycles. The smallest absolute Gasteiger partial charge is 0.329 e. The molecule has 3 aromatic carbocycles. The molecule has 30 heavy (non-hydrogen) atoms. The van der Waals surface area contributed by atoms with Gasteiger partial charge in [-0.05, 0) is 36.8 Å². The lowest BCUT2D eigenvalue weighted by Crippen LogP contribution is -2.32. The van der Waals surface area contributed by atoms with Gasteiger partial charge in [-0.1, -0.05) is 60.1 Å². The molecule has 2 amide bonds. The van der Waals surface area contributed by atoms with E-state index in [2.05, 4.69) is 15.8 Å². The maximum Gasteiger partial charge on any atom is 0.329 e. The second-order valence-corrected chi connectivity index (χ2v) is 6.79. The first-order chi connectivity index (χ1) is 14.5. The summed E-state index contributed by atoms with van der Waals surface area (Å²) in [6, 6.07) is 21.8. The molecule has 0 atom stereocenters. The van der Waals surface area contributed by atoms with Gasteiger partial charge in [0.05, 0.1) is 6.21 Å². The zero-order valence-corrected chi connectivity index (χ0v) is 17.0. The highest BCUT2D eigenvalue weighted by molar-refractivity contribution is 6.39. The van der Waals surface area contributed by atoms with Crippen molar-refractivity contribution in [3.63, 3.8) is 0 Å². The number of hydrogen-bond acceptors (Lipinski definition) is 4. The summed E-state index contributed by atoms with van der Waals surface area (Å²) in [6.45, 7) is 2.13. The van der Waals surface area contributed by atoms with Gasteiger partial charge >= 0.3 is 11.8 Å². The largest absolute Gasteiger partial charge is 0.488 e. The number of amides is 2. The van der Waals surface area contributed by atoms with Gasteiger partial charge in [0, 0.05) is 21.8 Å². The minimum absolute atomic E-state index is 0.287. The highest BCUT2D eigenvalue weighted by Gasteiger charge is 2.13. The molecule has 152 valence electrons. The summed E-state index contributed by atoms with van der Waals surface area (Å²) in [5.74, 6) is -1.10. The Morgan fingerprint density at radius 3 is 2.47 bits per heavy atom. The molecule has 0 saturated heterocycles. The number of carbonyl (C=O) groups is 2. The lowest BCUT2D eigenvalue weighted by molar-refractivity contribution is -0.136. The Kier molecular flexibility index (Phi) is 7.19. The Morgan fingerprint density at radius 1 is 0.967 bits per heavy atom. The minimum Gasteiger partial charge on any atom is -0.488 e. The first-order valence-corrected chi connectivity index (χ1v) is 9.57. The van der Waals surface area contributed by atoms with Crippen molar-refractivity contribution in [3.05, 3.63) is 94.5 Å². The standard InChI is InChI=1S/C23H20ClN3O3/c1-16-8-2-6-12-20(16)26-22(28)23(29)27-25-14-17-9-4-7-13-21(17)30-15-18-10-3-5-11-19(18)24/h2-14H,15H2,1H3,(H,26,28)(H,27,29)/b25-14+. The van der Waals surface area contributed by atoms with Gasteiger partial charge in [-0.15, -0.1) is 0 Å². The minimum atomic E-state index is -0.871. The van der Waals surface area contributed by atoms with Gasteiger partial charge in [0.15, 0.2) is 0 Å². The second kappa shape index (κ2) is 10.2. The molecular formula is C23H20ClN3O3. The third-order valence-electron chi connectivity index (χ3n) is 4.23. The molecule has 0 bridgehead atoms. The number of anilines is 1. The average molecular weight is 422 g/mol. The van der Waals surface area contributed by atoms with Crippen molar-refractivity contribution in [3.8, 4) is 5.75 Å². The van der Waals surface area contributed by atoms with Crippen LogP contribution in [0.1, 0.15) is 16.7 Å². The van der Waals surface area contributed by atoms with Crippen molar-refractivity contribution in [1.82, 2.24) is 5.43 Å². The summed E-state index contributed by atoms with van der Waals surface area (Å²) in [4.78, 5) is 24.0. The van der Waals surface area contributed by atoms with Crippen LogP contribution in [-0.4, -0.2) is 18.0 Å². The van der Waals surface area contributed by atoms with Crippen molar-refractivity contribution in [2.24, 2.45) is 5.10 Å². The van der Waals surface area contributed by atoms with Crippen LogP contribution in [0, 0.1) is 6.92 Å². The number of nitrogens with zero attached hydrogens (tertiary/aromatic N) is 1. The quantitative estimate of drug-likeness (QED) is 0.353. The third-order valence-corrected chi connectivity index (χ3v) is 4.60. The van der Waals surface area contributed by atoms with Crippen molar-refractivity contribution in [1.29, 1.82) is 0 Å². The Hall–Kier alpha value is -3.64. The Morgan fingerprint density at radius 2 is 1.67 bits per heavy atom. The maximum atomic E-state index is 12.0. The average Bonchev–Trinajstić information content (AvgIpc) is 2.75. The van der Waals surface area contributed by atoms with Crippen LogP contribution in [0.4, 0.5) is 5.69 Å². The molecule has 0 unspecified atom stereocenters. The number of rotatable bonds is 6. The molecule has 0 radical (unpaired) electrons. The lowest BCUT2D eigenvalue weighted by atomic mass is 10.2. The van der Waals surface area contributed by atoms with Crippen molar-refractivity contribution >= 4 is 35.3 Å². The molecule has 0 fully saturated rings. The van der Waals surface area contributed by atoms with E-state index in [4.69, 9.17) is 16.3 Å². The van der Waals surface area contributed by atoms with E-state index < -0.39 is 11.8 Å². The van der Waals surface area contributed by atoms with Crippen LogP contribution in [0.15, 0.2) is 77.9 Å². The van der Waals surface area contributed by atoms with Gasteiger partial charge in [0.2, 0.25) is 0 Å². The fourth-order valence-corrected chi connectivity index (χ4v) is 2.78. The van der Waals surface area contributed by atoms with E-state index >= 15 is 0 Å². The number of hydrogen-bond donors (Lipinski definition) is 2. The molecule has 0 saturated carbocycles. The first-order valence-electron chi connectivity index (χ1n) is 9.20. The van der Waals surface area contributed by atoms with Gasteiger partial charge in [-0.3, -0.25) is 9.59 Å². The fraction of sp³-hybridized carbons (Fsp3) is 0.0870. The lowest BCUT2D eigenvalue weighted by Gasteiger charge is -2.10. The van der Waals surface area contributed by atoms with E-state index in [1.54, 1.807) is 30.3 Å². The second-order valence-electron chi connectivity index (χ2n) is 6.39. The van der Waals surface area contributed by atoms with E-state index in [1.807, 2.05) is 49.4 Å². The molecule has 0 aromatic heterocycles. The summed E-state index contributed by atoms with van der Waals surface area (Å²) >= 11 is 6.15. The number of nitrogens with one attached hydrogen (secondary N) is 2. The predicted molar refractivity (Wildman–Crippen MR) is 118 cm³/mol. The number of benzene rings is 3. The molecule has 0 aliphatic rings. The molecule has 0 aliphatic heterocycles. The van der Waals surface area contributed by atoms with Crippen molar-refractivity contribution in [2.75, 3.05) is 5.32 Å². The van der Waals surface area contributed by atoms with Crippen LogP contribution in [0.2, 0.25) is 5.02 Å². The first kappa shape index (κ1) is 21.1. The summed E-state index contributed by atoms with van der Waals surface area (Å²) in [5.41, 5.74) is 5.14. The number of ether oxygens (including phenoxy) is 1. The molecular weight excluding hydrogens is 402 g/mol. The zero-order chi connectivity index (χ0) is 21.3. The number of carbonyl (C=O) groups excluding carboxylic acids is 2. The van der Waals surface area contributed by atoms with Crippen molar-refractivity contribution in [2.45, 2.75) is 13.5 Å². The van der Waals surface area contributed by atoms with Gasteiger partial charge < -0.3 is 10.1 Å². The Balaban J connectivity index is 1.59. The summed E-state index contributed by atoms with van der Waals surface area (Å²) in [7, 11) is 0. The predicted octanol–water partition coefficient (Wildman–Crippen LogP) is 4.32. The zero-order valence-electron chi connectivity index (χ0n) is 16.3. The van der Waals surface area contributed by atoms with E-state index in [-0.39, 0.29) is 6.61 Å². The Bertz CT molecular complexity index is 1080. The van der Waals surface area contributed by atoms with Crippen molar-refractivity contribution < 1.29 is 14.3 Å². The number of halogens is 1. The molecule has 3 rings (SSSR count). The van der Waals surface area contributed by atoms with Crippen LogP contribution in [-0.2, 0) is 16.2 Å². The van der Waals surface area contributed by atoms with Gasteiger partial charge in [-0.2, -0.15) is 5.10 Å². The Labute approximate surface area is 179 Å². The fourth-order valence-electron chi connectivity index (χ4n) is 2.59. The van der Waals surface area contributed by atoms with Crippen LogP contribution in [0.25, 0.3) is 0 Å². The van der Waals surface area contributed by atoms with E-state index in [1.165, 1.54) is 6.21 Å². The van der Waals surface area contributed by atoms with E-state index in [9.17, 15) is 9.59 Å². The van der Waals surface area contributed by atoms with Gasteiger partial charge in [-0.25, -0.2) is 5.43 Å². The normalized spacial score (nSPS) is 10.6. The van der Waals surface area contributed by atoms with Crippen LogP contribution in [0.3, 0.4) is 0 Å². The number of hydrazone groups is 1. The van der Waals surface area contributed by atoms with Gasteiger partial charge in [0.1, 0.15) is 12.4 Å². The topological polar surface area (TPSA) is 79.8 Å². The number of aryl methyl sites for hydroxylation is 1. The summed E-state index contributed by atoms with van der Waals surface area (Å²) in [5, 5.41) is 7.04. The monoisotopic (exact) mass is 421 g/mol. The molecule has 7 heteroatoms.